The predicted octanol–water partition coefficient (Wildman–Crippen LogP) is 2.20. The van der Waals surface area contributed by atoms with Gasteiger partial charge in [0.05, 0.1) is 5.88 Å². The summed E-state index contributed by atoms with van der Waals surface area (Å²) in [5.74, 6) is 1.40. The maximum absolute atomic E-state index is 5.51. The van der Waals surface area contributed by atoms with Gasteiger partial charge in [-0.1, -0.05) is 12.1 Å². The number of ether oxygens (including phenoxy) is 1. The van der Waals surface area contributed by atoms with Gasteiger partial charge in [0.1, 0.15) is 12.4 Å². The second kappa shape index (κ2) is 6.68. The topological polar surface area (TPSA) is 35.2 Å². The van der Waals surface area contributed by atoms with Crippen LogP contribution < -0.4 is 10.5 Å². The van der Waals surface area contributed by atoms with E-state index in [1.807, 2.05) is 12.1 Å². The summed E-state index contributed by atoms with van der Waals surface area (Å²) in [4.78, 5) is 0. The van der Waals surface area contributed by atoms with Crippen molar-refractivity contribution in [2.75, 3.05) is 19.0 Å². The fourth-order valence-electron chi connectivity index (χ4n) is 1.21. The molecule has 1 aromatic carbocycles. The van der Waals surface area contributed by atoms with Crippen LogP contribution in [-0.2, 0) is 6.42 Å². The van der Waals surface area contributed by atoms with Gasteiger partial charge in [0.25, 0.3) is 0 Å². The van der Waals surface area contributed by atoms with Gasteiger partial charge in [0.15, 0.2) is 0 Å². The minimum Gasteiger partial charge on any atom is -0.492 e. The fourth-order valence-corrected chi connectivity index (χ4v) is 1.29. The predicted molar refractivity (Wildman–Crippen MR) is 60.0 cm³/mol. The molecule has 2 nitrogen and oxygen atoms in total. The van der Waals surface area contributed by atoms with E-state index in [0.717, 1.165) is 25.1 Å². The van der Waals surface area contributed by atoms with Gasteiger partial charge >= 0.3 is 0 Å². The SMILES string of the molecule is NCCCc1ccc(OCCCl)cc1. The summed E-state index contributed by atoms with van der Waals surface area (Å²) in [5.41, 5.74) is 6.73. The molecule has 2 N–H and O–H groups in total. The van der Waals surface area contributed by atoms with Crippen molar-refractivity contribution in [1.82, 2.24) is 0 Å². The Hall–Kier alpha value is -0.730. The smallest absolute Gasteiger partial charge is 0.119 e. The van der Waals surface area contributed by atoms with Crippen LogP contribution in [0.25, 0.3) is 0 Å². The molecule has 0 unspecified atom stereocenters. The molecule has 0 radical (unpaired) electrons. The summed E-state index contributed by atoms with van der Waals surface area (Å²) in [5, 5.41) is 0. The van der Waals surface area contributed by atoms with Gasteiger partial charge in [0, 0.05) is 0 Å². The summed E-state index contributed by atoms with van der Waals surface area (Å²) in [6, 6.07) is 8.08. The van der Waals surface area contributed by atoms with Crippen LogP contribution >= 0.6 is 11.6 Å². The summed E-state index contributed by atoms with van der Waals surface area (Å²) >= 11 is 5.51. The van der Waals surface area contributed by atoms with E-state index in [2.05, 4.69) is 12.1 Å². The van der Waals surface area contributed by atoms with Crippen molar-refractivity contribution in [3.05, 3.63) is 29.8 Å². The molecule has 0 saturated heterocycles. The molecule has 0 aliphatic heterocycles. The molecule has 0 atom stereocenters. The average Bonchev–Trinajstić information content (AvgIpc) is 2.25. The van der Waals surface area contributed by atoms with Gasteiger partial charge in [-0.05, 0) is 37.1 Å². The van der Waals surface area contributed by atoms with Gasteiger partial charge < -0.3 is 10.5 Å². The first-order chi connectivity index (χ1) is 6.86. The monoisotopic (exact) mass is 213 g/mol. The Morgan fingerprint density at radius 2 is 1.93 bits per heavy atom. The van der Waals surface area contributed by atoms with E-state index in [0.29, 0.717) is 12.5 Å². The molecule has 1 rings (SSSR count). The zero-order valence-electron chi connectivity index (χ0n) is 8.21. The second-order valence-electron chi connectivity index (χ2n) is 3.07. The van der Waals surface area contributed by atoms with Gasteiger partial charge in [-0.2, -0.15) is 0 Å². The highest BCUT2D eigenvalue weighted by atomic mass is 35.5. The third-order valence-electron chi connectivity index (χ3n) is 1.94. The quantitative estimate of drug-likeness (QED) is 0.736. The standard InChI is InChI=1S/C11H16ClNO/c12-7-9-14-11-5-3-10(4-6-11)2-1-8-13/h3-6H,1-2,7-9,13H2. The highest BCUT2D eigenvalue weighted by Gasteiger charge is 1.94. The summed E-state index contributed by atoms with van der Waals surface area (Å²) in [6.07, 6.45) is 2.06. The van der Waals surface area contributed by atoms with Crippen LogP contribution in [0.2, 0.25) is 0 Å². The van der Waals surface area contributed by atoms with Gasteiger partial charge in [-0.3, -0.25) is 0 Å². The van der Waals surface area contributed by atoms with Crippen LogP contribution in [0.4, 0.5) is 0 Å². The van der Waals surface area contributed by atoms with Crippen molar-refractivity contribution >= 4 is 11.6 Å². The molecular weight excluding hydrogens is 198 g/mol. The zero-order chi connectivity index (χ0) is 10.2. The Morgan fingerprint density at radius 1 is 1.21 bits per heavy atom. The minimum absolute atomic E-state index is 0.523. The van der Waals surface area contributed by atoms with Crippen LogP contribution in [0.3, 0.4) is 0 Å². The number of hydrogen-bond donors (Lipinski definition) is 1. The Kier molecular flexibility index (Phi) is 5.42. The highest BCUT2D eigenvalue weighted by Crippen LogP contribution is 2.13. The summed E-state index contributed by atoms with van der Waals surface area (Å²) < 4.78 is 5.36. The summed E-state index contributed by atoms with van der Waals surface area (Å²) in [7, 11) is 0. The average molecular weight is 214 g/mol. The van der Waals surface area contributed by atoms with E-state index in [1.165, 1.54) is 5.56 Å². The maximum Gasteiger partial charge on any atom is 0.119 e. The molecule has 0 spiro atoms. The van der Waals surface area contributed by atoms with Gasteiger partial charge in [-0.25, -0.2) is 0 Å². The van der Waals surface area contributed by atoms with Crippen LogP contribution in [0.1, 0.15) is 12.0 Å². The number of benzene rings is 1. The van der Waals surface area contributed by atoms with Crippen molar-refractivity contribution in [3.8, 4) is 5.75 Å². The molecule has 0 saturated carbocycles. The van der Waals surface area contributed by atoms with Gasteiger partial charge in [0.2, 0.25) is 0 Å². The Bertz CT molecular complexity index is 221. The Labute approximate surface area is 90.0 Å². The lowest BCUT2D eigenvalue weighted by Crippen LogP contribution is -2.00. The van der Waals surface area contributed by atoms with E-state index in [1.54, 1.807) is 0 Å². The largest absolute Gasteiger partial charge is 0.492 e. The number of hydrogen-bond acceptors (Lipinski definition) is 2. The molecule has 0 aliphatic carbocycles. The third kappa shape index (κ3) is 3.99. The first-order valence-electron chi connectivity index (χ1n) is 4.84. The van der Waals surface area contributed by atoms with Crippen molar-refractivity contribution < 1.29 is 4.74 Å². The number of halogens is 1. The lowest BCUT2D eigenvalue weighted by atomic mass is 10.1. The lowest BCUT2D eigenvalue weighted by Gasteiger charge is -2.04. The third-order valence-corrected chi connectivity index (χ3v) is 2.09. The molecule has 0 heterocycles. The highest BCUT2D eigenvalue weighted by molar-refractivity contribution is 6.17. The Balaban J connectivity index is 2.42. The molecule has 1 aromatic rings. The first kappa shape index (κ1) is 11.3. The minimum atomic E-state index is 0.523. The first-order valence-corrected chi connectivity index (χ1v) is 5.38. The van der Waals surface area contributed by atoms with Crippen LogP contribution in [-0.4, -0.2) is 19.0 Å². The molecule has 0 bridgehead atoms. The second-order valence-corrected chi connectivity index (χ2v) is 3.45. The van der Waals surface area contributed by atoms with E-state index in [4.69, 9.17) is 22.1 Å². The molecule has 0 amide bonds. The van der Waals surface area contributed by atoms with Crippen LogP contribution in [0, 0.1) is 0 Å². The van der Waals surface area contributed by atoms with E-state index >= 15 is 0 Å². The fraction of sp³-hybridized carbons (Fsp3) is 0.455. The van der Waals surface area contributed by atoms with Crippen molar-refractivity contribution in [2.45, 2.75) is 12.8 Å². The maximum atomic E-state index is 5.51. The van der Waals surface area contributed by atoms with Crippen LogP contribution in [0.15, 0.2) is 24.3 Å². The normalized spacial score (nSPS) is 10.1. The molecular formula is C11H16ClNO. The zero-order valence-corrected chi connectivity index (χ0v) is 8.96. The van der Waals surface area contributed by atoms with Crippen molar-refractivity contribution in [1.29, 1.82) is 0 Å². The molecule has 3 heteroatoms. The van der Waals surface area contributed by atoms with E-state index in [-0.39, 0.29) is 0 Å². The molecule has 14 heavy (non-hydrogen) atoms. The molecule has 0 fully saturated rings. The van der Waals surface area contributed by atoms with Gasteiger partial charge in [-0.15, -0.1) is 11.6 Å². The Morgan fingerprint density at radius 3 is 2.50 bits per heavy atom. The van der Waals surface area contributed by atoms with E-state index in [9.17, 15) is 0 Å². The number of alkyl halides is 1. The van der Waals surface area contributed by atoms with E-state index < -0.39 is 0 Å². The number of rotatable bonds is 6. The number of nitrogens with two attached hydrogens (primary N) is 1. The lowest BCUT2D eigenvalue weighted by molar-refractivity contribution is 0.342. The van der Waals surface area contributed by atoms with Crippen LogP contribution in [0.5, 0.6) is 5.75 Å². The molecule has 78 valence electrons. The molecule has 0 aliphatic rings. The van der Waals surface area contributed by atoms with Crippen molar-refractivity contribution in [2.24, 2.45) is 5.73 Å². The molecule has 0 aromatic heterocycles. The number of aryl methyl sites for hydroxylation is 1. The van der Waals surface area contributed by atoms with Crippen molar-refractivity contribution in [3.63, 3.8) is 0 Å². The summed E-state index contributed by atoms with van der Waals surface area (Å²) in [6.45, 7) is 1.30.